The van der Waals surface area contributed by atoms with Crippen LogP contribution in [-0.4, -0.2) is 11.2 Å². The Morgan fingerprint density at radius 1 is 1.12 bits per heavy atom. The summed E-state index contributed by atoms with van der Waals surface area (Å²) in [5.41, 5.74) is 2.07. The molecular formula is C15H24O. The van der Waals surface area contributed by atoms with Gasteiger partial charge in [-0.15, -0.1) is 0 Å². The van der Waals surface area contributed by atoms with Gasteiger partial charge in [-0.25, -0.2) is 0 Å². The van der Waals surface area contributed by atoms with Crippen LogP contribution in [-0.2, 0) is 0 Å². The highest BCUT2D eigenvalue weighted by atomic mass is 16.3. The Balaban J connectivity index is 2.21. The average Bonchev–Trinajstić information content (AvgIpc) is 2.55. The van der Waals surface area contributed by atoms with Crippen LogP contribution in [0.1, 0.15) is 52.9 Å². The van der Waals surface area contributed by atoms with Crippen molar-refractivity contribution in [1.29, 1.82) is 0 Å². The first-order chi connectivity index (χ1) is 7.37. The molecule has 3 rings (SSSR count). The number of hydrogen-bond acceptors (Lipinski definition) is 1. The molecule has 16 heavy (non-hydrogen) atoms. The summed E-state index contributed by atoms with van der Waals surface area (Å²) in [7, 11) is 0. The van der Waals surface area contributed by atoms with E-state index in [0.717, 1.165) is 12.8 Å². The SMILES string of the molecule is C=C1CC[C@]2(C)[C@@H](O)[C@H]1[C@]1(C)CCC[C@@]12C. The molecule has 1 N–H and O–H groups in total. The Kier molecular flexibility index (Phi) is 1.86. The molecule has 3 aliphatic carbocycles. The Bertz CT molecular complexity index is 360. The third-order valence-corrected chi connectivity index (χ3v) is 6.95. The highest BCUT2D eigenvalue weighted by Crippen LogP contribution is 2.76. The van der Waals surface area contributed by atoms with Gasteiger partial charge in [-0.2, -0.15) is 0 Å². The molecule has 0 aromatic rings. The predicted molar refractivity (Wildman–Crippen MR) is 66.0 cm³/mol. The lowest BCUT2D eigenvalue weighted by atomic mass is 9.59. The van der Waals surface area contributed by atoms with Crippen LogP contribution in [0.15, 0.2) is 12.2 Å². The van der Waals surface area contributed by atoms with Crippen LogP contribution >= 0.6 is 0 Å². The topological polar surface area (TPSA) is 20.2 Å². The average molecular weight is 220 g/mol. The van der Waals surface area contributed by atoms with E-state index in [1.54, 1.807) is 0 Å². The van der Waals surface area contributed by atoms with E-state index < -0.39 is 0 Å². The minimum Gasteiger partial charge on any atom is -0.392 e. The van der Waals surface area contributed by atoms with Crippen molar-refractivity contribution in [2.75, 3.05) is 0 Å². The first-order valence-corrected chi connectivity index (χ1v) is 6.73. The van der Waals surface area contributed by atoms with Crippen molar-refractivity contribution in [3.8, 4) is 0 Å². The van der Waals surface area contributed by atoms with E-state index in [-0.39, 0.29) is 11.5 Å². The second-order valence-electron chi connectivity index (χ2n) is 7.10. The maximum atomic E-state index is 10.7. The Morgan fingerprint density at radius 2 is 1.81 bits per heavy atom. The molecule has 3 saturated carbocycles. The molecule has 0 saturated heterocycles. The first kappa shape index (κ1) is 10.8. The molecular weight excluding hydrogens is 196 g/mol. The van der Waals surface area contributed by atoms with Gasteiger partial charge in [0.25, 0.3) is 0 Å². The molecule has 0 spiro atoms. The standard InChI is InChI=1S/C15H24O/c1-10-6-9-14(3)12(16)11(10)13(2)7-5-8-15(13,14)4/h11-12,16H,1,5-9H2,2-4H3/t11-,12-,13-,14+,15-/m0/s1. The molecule has 0 unspecified atom stereocenters. The zero-order chi connectivity index (χ0) is 11.8. The number of aliphatic hydroxyl groups excluding tert-OH is 1. The van der Waals surface area contributed by atoms with Crippen LogP contribution in [0.3, 0.4) is 0 Å². The number of rotatable bonds is 0. The van der Waals surface area contributed by atoms with E-state index in [9.17, 15) is 5.11 Å². The third kappa shape index (κ3) is 0.827. The molecule has 3 fully saturated rings. The summed E-state index contributed by atoms with van der Waals surface area (Å²) in [6.45, 7) is 11.4. The van der Waals surface area contributed by atoms with Crippen molar-refractivity contribution in [2.24, 2.45) is 22.2 Å². The molecule has 2 bridgehead atoms. The summed E-state index contributed by atoms with van der Waals surface area (Å²) < 4.78 is 0. The van der Waals surface area contributed by atoms with E-state index in [2.05, 4.69) is 27.4 Å². The maximum absolute atomic E-state index is 10.7. The third-order valence-electron chi connectivity index (χ3n) is 6.95. The zero-order valence-corrected chi connectivity index (χ0v) is 10.8. The van der Waals surface area contributed by atoms with E-state index in [1.807, 2.05) is 0 Å². The van der Waals surface area contributed by atoms with Gasteiger partial charge in [-0.05, 0) is 36.5 Å². The van der Waals surface area contributed by atoms with E-state index in [1.165, 1.54) is 24.8 Å². The lowest BCUT2D eigenvalue weighted by Gasteiger charge is -2.46. The van der Waals surface area contributed by atoms with Gasteiger partial charge in [0.05, 0.1) is 6.10 Å². The van der Waals surface area contributed by atoms with Gasteiger partial charge in [-0.3, -0.25) is 0 Å². The molecule has 0 heterocycles. The molecule has 0 aliphatic heterocycles. The van der Waals surface area contributed by atoms with Crippen LogP contribution in [0.5, 0.6) is 0 Å². The van der Waals surface area contributed by atoms with Crippen LogP contribution < -0.4 is 0 Å². The molecule has 1 heteroatoms. The fourth-order valence-electron chi connectivity index (χ4n) is 5.52. The fraction of sp³-hybridized carbons (Fsp3) is 0.867. The largest absolute Gasteiger partial charge is 0.392 e. The van der Waals surface area contributed by atoms with Crippen LogP contribution in [0.4, 0.5) is 0 Å². The number of fused-ring (bicyclic) bond motifs is 5. The Hall–Kier alpha value is -0.300. The van der Waals surface area contributed by atoms with Gasteiger partial charge in [0.15, 0.2) is 0 Å². The molecule has 1 nitrogen and oxygen atoms in total. The van der Waals surface area contributed by atoms with Crippen molar-refractivity contribution in [2.45, 2.75) is 59.0 Å². The zero-order valence-electron chi connectivity index (χ0n) is 10.8. The number of hydrogen-bond donors (Lipinski definition) is 1. The van der Waals surface area contributed by atoms with Gasteiger partial charge >= 0.3 is 0 Å². The lowest BCUT2D eigenvalue weighted by Crippen LogP contribution is -2.43. The Labute approximate surface area is 98.9 Å². The quantitative estimate of drug-likeness (QED) is 0.619. The molecule has 0 aromatic heterocycles. The number of aliphatic hydroxyl groups is 1. The molecule has 90 valence electrons. The van der Waals surface area contributed by atoms with E-state index in [4.69, 9.17) is 0 Å². The first-order valence-electron chi connectivity index (χ1n) is 6.73. The van der Waals surface area contributed by atoms with Crippen molar-refractivity contribution in [3.63, 3.8) is 0 Å². The van der Waals surface area contributed by atoms with Gasteiger partial charge < -0.3 is 5.11 Å². The van der Waals surface area contributed by atoms with Gasteiger partial charge in [-0.1, -0.05) is 39.3 Å². The van der Waals surface area contributed by atoms with Gasteiger partial charge in [0, 0.05) is 11.3 Å². The van der Waals surface area contributed by atoms with Crippen molar-refractivity contribution in [1.82, 2.24) is 0 Å². The monoisotopic (exact) mass is 220 g/mol. The molecule has 0 aromatic carbocycles. The predicted octanol–water partition coefficient (Wildman–Crippen LogP) is 3.53. The summed E-state index contributed by atoms with van der Waals surface area (Å²) in [5.74, 6) is 0.360. The van der Waals surface area contributed by atoms with Gasteiger partial charge in [0.1, 0.15) is 0 Å². The van der Waals surface area contributed by atoms with Crippen LogP contribution in [0.25, 0.3) is 0 Å². The van der Waals surface area contributed by atoms with Crippen LogP contribution in [0.2, 0.25) is 0 Å². The molecule has 0 amide bonds. The summed E-state index contributed by atoms with van der Waals surface area (Å²) in [5, 5.41) is 10.7. The summed E-state index contributed by atoms with van der Waals surface area (Å²) in [6.07, 6.45) is 6.02. The van der Waals surface area contributed by atoms with E-state index in [0.29, 0.717) is 16.7 Å². The van der Waals surface area contributed by atoms with Crippen molar-refractivity contribution >= 4 is 0 Å². The second kappa shape index (κ2) is 2.75. The van der Waals surface area contributed by atoms with E-state index >= 15 is 0 Å². The second-order valence-corrected chi connectivity index (χ2v) is 7.10. The summed E-state index contributed by atoms with van der Waals surface area (Å²) in [4.78, 5) is 0. The maximum Gasteiger partial charge on any atom is 0.0669 e. The smallest absolute Gasteiger partial charge is 0.0669 e. The molecule has 3 aliphatic rings. The minimum absolute atomic E-state index is 0.129. The summed E-state index contributed by atoms with van der Waals surface area (Å²) >= 11 is 0. The highest BCUT2D eigenvalue weighted by molar-refractivity contribution is 5.29. The molecule has 0 radical (unpaired) electrons. The normalized spacial score (nSPS) is 60.1. The lowest BCUT2D eigenvalue weighted by molar-refractivity contribution is -0.0347. The minimum atomic E-state index is -0.149. The fourth-order valence-corrected chi connectivity index (χ4v) is 5.52. The van der Waals surface area contributed by atoms with Crippen molar-refractivity contribution in [3.05, 3.63) is 12.2 Å². The molecule has 5 atom stereocenters. The summed E-state index contributed by atoms with van der Waals surface area (Å²) in [6, 6.07) is 0. The van der Waals surface area contributed by atoms with Crippen molar-refractivity contribution < 1.29 is 5.11 Å². The highest BCUT2D eigenvalue weighted by Gasteiger charge is 2.72. The van der Waals surface area contributed by atoms with Gasteiger partial charge in [0.2, 0.25) is 0 Å². The Morgan fingerprint density at radius 3 is 2.50 bits per heavy atom. The van der Waals surface area contributed by atoms with Crippen LogP contribution in [0, 0.1) is 22.2 Å².